The average molecular weight is 340 g/mol. The predicted molar refractivity (Wildman–Crippen MR) is 82.8 cm³/mol. The fourth-order valence-electron chi connectivity index (χ4n) is 2.89. The topological polar surface area (TPSA) is 47.3 Å². The van der Waals surface area contributed by atoms with Gasteiger partial charge < -0.3 is 14.4 Å². The first kappa shape index (κ1) is 16.8. The Morgan fingerprint density at radius 2 is 1.96 bits per heavy atom. The number of hydrogen-bond donors (Lipinski definition) is 1. The van der Waals surface area contributed by atoms with Gasteiger partial charge >= 0.3 is 6.18 Å². The van der Waals surface area contributed by atoms with Crippen LogP contribution in [0.15, 0.2) is 30.5 Å². The van der Waals surface area contributed by atoms with Crippen molar-refractivity contribution in [3.8, 4) is 17.1 Å². The lowest BCUT2D eigenvalue weighted by Crippen LogP contribution is -2.25. The van der Waals surface area contributed by atoms with Crippen LogP contribution < -0.4 is 4.74 Å². The summed E-state index contributed by atoms with van der Waals surface area (Å²) >= 11 is 0. The Hall–Kier alpha value is -2.02. The van der Waals surface area contributed by atoms with E-state index < -0.39 is 25.3 Å². The second-order valence-corrected chi connectivity index (χ2v) is 5.99. The predicted octanol–water partition coefficient (Wildman–Crippen LogP) is 3.58. The first-order valence-corrected chi connectivity index (χ1v) is 7.95. The molecule has 0 radical (unpaired) electrons. The number of ether oxygens (including phenoxy) is 1. The number of aliphatic hydroxyl groups is 1. The number of imidazole rings is 1. The molecule has 4 nitrogen and oxygen atoms in total. The van der Waals surface area contributed by atoms with Gasteiger partial charge in [-0.05, 0) is 43.5 Å². The molecular formula is C17H19F3N2O2. The van der Waals surface area contributed by atoms with Crippen LogP contribution in [0.25, 0.3) is 11.4 Å². The molecule has 1 aliphatic rings. The van der Waals surface area contributed by atoms with Gasteiger partial charge in [-0.15, -0.1) is 0 Å². The van der Waals surface area contributed by atoms with E-state index in [1.807, 2.05) is 18.3 Å². The largest absolute Gasteiger partial charge is 0.491 e. The number of aryl methyl sites for hydroxylation is 1. The smallest absolute Gasteiger partial charge is 0.391 e. The van der Waals surface area contributed by atoms with Crippen molar-refractivity contribution in [2.24, 2.45) is 0 Å². The Balaban J connectivity index is 1.63. The number of alkyl halides is 3. The molecule has 0 unspecified atom stereocenters. The van der Waals surface area contributed by atoms with Crippen LogP contribution in [0.3, 0.4) is 0 Å². The fraction of sp³-hybridized carbons (Fsp3) is 0.471. The maximum atomic E-state index is 12.2. The lowest BCUT2D eigenvalue weighted by atomic mass is 10.1. The zero-order chi connectivity index (χ0) is 17.2. The van der Waals surface area contributed by atoms with Crippen LogP contribution in [-0.2, 0) is 13.0 Å². The van der Waals surface area contributed by atoms with Gasteiger partial charge in [0.05, 0.1) is 12.5 Å². The molecule has 24 heavy (non-hydrogen) atoms. The molecule has 0 saturated carbocycles. The van der Waals surface area contributed by atoms with Gasteiger partial charge in [0.1, 0.15) is 18.2 Å². The first-order valence-electron chi connectivity index (χ1n) is 7.95. The highest BCUT2D eigenvalue weighted by Gasteiger charge is 2.31. The number of halogens is 3. The molecule has 0 spiro atoms. The summed E-state index contributed by atoms with van der Waals surface area (Å²) < 4.78 is 43.9. The van der Waals surface area contributed by atoms with Crippen LogP contribution in [-0.4, -0.2) is 33.5 Å². The molecule has 0 saturated heterocycles. The number of fused-ring (bicyclic) bond motifs is 1. The molecule has 0 fully saturated rings. The summed E-state index contributed by atoms with van der Waals surface area (Å²) in [5, 5.41) is 9.33. The molecule has 0 bridgehead atoms. The summed E-state index contributed by atoms with van der Waals surface area (Å²) in [5.74, 6) is 1.32. The van der Waals surface area contributed by atoms with E-state index in [0.29, 0.717) is 5.75 Å². The van der Waals surface area contributed by atoms with Crippen molar-refractivity contribution in [2.45, 2.75) is 44.5 Å². The van der Waals surface area contributed by atoms with Crippen LogP contribution in [0.5, 0.6) is 5.75 Å². The fourth-order valence-corrected chi connectivity index (χ4v) is 2.89. The number of aromatic nitrogens is 2. The van der Waals surface area contributed by atoms with Crippen molar-refractivity contribution in [1.82, 2.24) is 9.55 Å². The molecule has 0 aliphatic carbocycles. The molecule has 1 aromatic heterocycles. The van der Waals surface area contributed by atoms with E-state index in [1.54, 1.807) is 12.1 Å². The van der Waals surface area contributed by atoms with Crippen molar-refractivity contribution in [3.05, 3.63) is 36.2 Å². The van der Waals surface area contributed by atoms with Crippen molar-refractivity contribution in [1.29, 1.82) is 0 Å². The minimum absolute atomic E-state index is 0.391. The lowest BCUT2D eigenvalue weighted by molar-refractivity contribution is -0.156. The first-order chi connectivity index (χ1) is 11.4. The van der Waals surface area contributed by atoms with Crippen LogP contribution in [0.2, 0.25) is 0 Å². The van der Waals surface area contributed by atoms with Gasteiger partial charge in [-0.3, -0.25) is 0 Å². The molecule has 1 aromatic carbocycles. The minimum atomic E-state index is -4.40. The maximum absolute atomic E-state index is 12.2. The van der Waals surface area contributed by atoms with Crippen LogP contribution in [0.4, 0.5) is 13.2 Å². The Morgan fingerprint density at radius 3 is 2.67 bits per heavy atom. The Kier molecular flexibility index (Phi) is 4.80. The van der Waals surface area contributed by atoms with Gasteiger partial charge in [0, 0.05) is 24.0 Å². The van der Waals surface area contributed by atoms with Gasteiger partial charge in [-0.25, -0.2) is 4.98 Å². The van der Waals surface area contributed by atoms with Crippen molar-refractivity contribution >= 4 is 0 Å². The zero-order valence-electron chi connectivity index (χ0n) is 13.1. The van der Waals surface area contributed by atoms with Crippen LogP contribution in [0.1, 0.15) is 25.0 Å². The van der Waals surface area contributed by atoms with Crippen molar-refractivity contribution < 1.29 is 23.0 Å². The number of nitrogens with zero attached hydrogens (tertiary/aromatic N) is 2. The van der Waals surface area contributed by atoms with Crippen molar-refractivity contribution in [3.63, 3.8) is 0 Å². The average Bonchev–Trinajstić information content (AvgIpc) is 2.96. The van der Waals surface area contributed by atoms with E-state index in [1.165, 1.54) is 12.1 Å². The highest BCUT2D eigenvalue weighted by molar-refractivity contribution is 5.57. The summed E-state index contributed by atoms with van der Waals surface area (Å²) in [6.45, 7) is 0.560. The number of aliphatic hydroxyl groups excluding tert-OH is 1. The van der Waals surface area contributed by atoms with E-state index in [4.69, 9.17) is 4.74 Å². The third-order valence-corrected chi connectivity index (χ3v) is 4.02. The van der Waals surface area contributed by atoms with Crippen LogP contribution >= 0.6 is 0 Å². The van der Waals surface area contributed by atoms with E-state index >= 15 is 0 Å². The standard InChI is InChI=1S/C17H19F3N2O2/c18-17(19,20)9-14(23)11-24-15-6-4-12(5-7-15)16-21-10-13-3-1-2-8-22(13)16/h4-7,10,14,23H,1-3,8-9,11H2/t14-/m1/s1. The lowest BCUT2D eigenvalue weighted by Gasteiger charge is -2.17. The van der Waals surface area contributed by atoms with Crippen LogP contribution in [0, 0.1) is 0 Å². The molecule has 3 rings (SSSR count). The molecule has 7 heteroatoms. The third-order valence-electron chi connectivity index (χ3n) is 4.02. The molecule has 1 atom stereocenters. The Bertz CT molecular complexity index is 680. The maximum Gasteiger partial charge on any atom is 0.391 e. The van der Waals surface area contributed by atoms with E-state index in [9.17, 15) is 18.3 Å². The summed E-state index contributed by atoms with van der Waals surface area (Å²) in [5.41, 5.74) is 2.16. The third kappa shape index (κ3) is 4.08. The summed E-state index contributed by atoms with van der Waals surface area (Å²) in [7, 11) is 0. The van der Waals surface area contributed by atoms with E-state index in [-0.39, 0.29) is 0 Å². The minimum Gasteiger partial charge on any atom is -0.491 e. The van der Waals surface area contributed by atoms with E-state index in [2.05, 4.69) is 9.55 Å². The number of benzene rings is 1. The molecule has 2 heterocycles. The second kappa shape index (κ2) is 6.84. The molecule has 130 valence electrons. The SMILES string of the molecule is O[C@@H](COc1ccc(-c2ncc3n2CCCC3)cc1)CC(F)(F)F. The quantitative estimate of drug-likeness (QED) is 0.905. The van der Waals surface area contributed by atoms with Gasteiger partial charge in [0.15, 0.2) is 0 Å². The number of hydrogen-bond acceptors (Lipinski definition) is 3. The van der Waals surface area contributed by atoms with E-state index in [0.717, 1.165) is 30.8 Å². The molecule has 0 amide bonds. The monoisotopic (exact) mass is 340 g/mol. The number of rotatable bonds is 5. The normalized spacial score (nSPS) is 15.8. The highest BCUT2D eigenvalue weighted by atomic mass is 19.4. The highest BCUT2D eigenvalue weighted by Crippen LogP contribution is 2.26. The van der Waals surface area contributed by atoms with Crippen molar-refractivity contribution in [2.75, 3.05) is 6.61 Å². The van der Waals surface area contributed by atoms with Gasteiger partial charge in [-0.2, -0.15) is 13.2 Å². The molecular weight excluding hydrogens is 321 g/mol. The second-order valence-electron chi connectivity index (χ2n) is 5.99. The van der Waals surface area contributed by atoms with Gasteiger partial charge in [0.25, 0.3) is 0 Å². The zero-order valence-corrected chi connectivity index (χ0v) is 13.1. The van der Waals surface area contributed by atoms with Gasteiger partial charge in [0.2, 0.25) is 0 Å². The Morgan fingerprint density at radius 1 is 1.21 bits per heavy atom. The Labute approximate surface area is 137 Å². The summed E-state index contributed by atoms with van der Waals surface area (Å²) in [6.07, 6.45) is -1.99. The summed E-state index contributed by atoms with van der Waals surface area (Å²) in [4.78, 5) is 4.47. The van der Waals surface area contributed by atoms with Gasteiger partial charge in [-0.1, -0.05) is 0 Å². The summed E-state index contributed by atoms with van der Waals surface area (Å²) in [6, 6.07) is 7.02. The molecule has 1 aliphatic heterocycles. The molecule has 2 aromatic rings. The molecule has 1 N–H and O–H groups in total.